The van der Waals surface area contributed by atoms with Gasteiger partial charge in [0.05, 0.1) is 5.71 Å². The lowest BCUT2D eigenvalue weighted by atomic mass is 9.97. The summed E-state index contributed by atoms with van der Waals surface area (Å²) >= 11 is 0. The zero-order valence-electron chi connectivity index (χ0n) is 16.1. The average Bonchev–Trinajstić information content (AvgIpc) is 3.08. The molecule has 4 rings (SSSR count). The van der Waals surface area contributed by atoms with Gasteiger partial charge in [-0.05, 0) is 49.8 Å². The molecule has 1 atom stereocenters. The van der Waals surface area contributed by atoms with Gasteiger partial charge in [-0.3, -0.25) is 14.4 Å². The third kappa shape index (κ3) is 3.45. The molecule has 1 unspecified atom stereocenters. The summed E-state index contributed by atoms with van der Waals surface area (Å²) in [7, 11) is 0. The Kier molecular flexibility index (Phi) is 4.86. The molecule has 1 aliphatic heterocycles. The van der Waals surface area contributed by atoms with E-state index in [2.05, 4.69) is 15.4 Å². The zero-order chi connectivity index (χ0) is 21.4. The Balaban J connectivity index is 1.49. The van der Waals surface area contributed by atoms with Crippen LogP contribution in [0.4, 0.5) is 10.1 Å². The van der Waals surface area contributed by atoms with Crippen molar-refractivity contribution in [3.63, 3.8) is 0 Å². The molecule has 152 valence electrons. The minimum absolute atomic E-state index is 0.0445. The van der Waals surface area contributed by atoms with E-state index in [9.17, 15) is 18.8 Å². The monoisotopic (exact) mass is 407 g/mol. The van der Waals surface area contributed by atoms with E-state index in [0.29, 0.717) is 28.2 Å². The molecule has 0 saturated heterocycles. The van der Waals surface area contributed by atoms with Gasteiger partial charge in [0.1, 0.15) is 17.6 Å². The van der Waals surface area contributed by atoms with Crippen LogP contribution < -0.4 is 16.6 Å². The van der Waals surface area contributed by atoms with Gasteiger partial charge in [0, 0.05) is 28.9 Å². The maximum Gasteiger partial charge on any atom is 0.277 e. The number of nitrogens with zero attached hydrogens (tertiary/aromatic N) is 3. The molecular weight excluding hydrogens is 389 g/mol. The van der Waals surface area contributed by atoms with Gasteiger partial charge >= 0.3 is 0 Å². The lowest BCUT2D eigenvalue weighted by Crippen LogP contribution is -2.27. The van der Waals surface area contributed by atoms with E-state index in [4.69, 9.17) is 5.73 Å². The topological polar surface area (TPSA) is 119 Å². The van der Waals surface area contributed by atoms with E-state index in [1.54, 1.807) is 25.1 Å². The molecule has 0 saturated carbocycles. The standard InChI is InChI=1S/C21H18FN5O3/c1-11-14(9-10-17(28)25-13-7-5-12(6-8-13)19(23)29)21(30)27-20(24-11)18-15(22)3-2-4-16(18)26-27/h2-8,18H,9-10H2,1H3,(H2,23,29)(H,25,28). The number of nitrogens with two attached hydrogens (primary N) is 1. The van der Waals surface area contributed by atoms with Crippen LogP contribution in [0.5, 0.6) is 0 Å². The van der Waals surface area contributed by atoms with Crippen molar-refractivity contribution in [2.75, 3.05) is 5.32 Å². The van der Waals surface area contributed by atoms with E-state index in [0.717, 1.165) is 4.68 Å². The van der Waals surface area contributed by atoms with Crippen LogP contribution in [0.15, 0.2) is 58.2 Å². The SMILES string of the molecule is Cc1nc2n(c(=O)c1CCC(=O)Nc1ccc(C(N)=O)cc1)N=C1C=CC=C(F)C12. The maximum absolute atomic E-state index is 14.2. The molecule has 1 aromatic heterocycles. The number of allylic oxidation sites excluding steroid dienone is 4. The number of carbonyl (C=O) groups excluding carboxylic acids is 2. The summed E-state index contributed by atoms with van der Waals surface area (Å²) in [6, 6.07) is 6.17. The zero-order valence-corrected chi connectivity index (χ0v) is 16.1. The van der Waals surface area contributed by atoms with E-state index < -0.39 is 23.2 Å². The summed E-state index contributed by atoms with van der Waals surface area (Å²) in [6.45, 7) is 1.66. The lowest BCUT2D eigenvalue weighted by molar-refractivity contribution is -0.116. The fourth-order valence-electron chi connectivity index (χ4n) is 3.46. The van der Waals surface area contributed by atoms with Gasteiger partial charge in [-0.2, -0.15) is 9.78 Å². The number of hydrogen-bond acceptors (Lipinski definition) is 5. The molecule has 2 aromatic rings. The number of benzene rings is 1. The van der Waals surface area contributed by atoms with Gasteiger partial charge in [0.2, 0.25) is 11.8 Å². The molecule has 0 fully saturated rings. The molecule has 1 aliphatic carbocycles. The average molecular weight is 407 g/mol. The number of anilines is 1. The molecule has 0 bridgehead atoms. The van der Waals surface area contributed by atoms with Crippen molar-refractivity contribution in [2.24, 2.45) is 10.8 Å². The highest BCUT2D eigenvalue weighted by Crippen LogP contribution is 2.33. The fraction of sp³-hybridized carbons (Fsp3) is 0.190. The third-order valence-corrected chi connectivity index (χ3v) is 5.01. The number of nitrogens with one attached hydrogen (secondary N) is 1. The summed E-state index contributed by atoms with van der Waals surface area (Å²) in [6.07, 6.45) is 4.72. The van der Waals surface area contributed by atoms with Crippen LogP contribution in [0.3, 0.4) is 0 Å². The number of rotatable bonds is 5. The molecule has 9 heteroatoms. The van der Waals surface area contributed by atoms with E-state index in [1.807, 2.05) is 0 Å². The number of primary amides is 1. The fourth-order valence-corrected chi connectivity index (χ4v) is 3.46. The molecule has 0 radical (unpaired) electrons. The van der Waals surface area contributed by atoms with Crippen molar-refractivity contribution in [2.45, 2.75) is 25.7 Å². The van der Waals surface area contributed by atoms with Crippen molar-refractivity contribution < 1.29 is 14.0 Å². The summed E-state index contributed by atoms with van der Waals surface area (Å²) in [5.74, 6) is -1.79. The Morgan fingerprint density at radius 1 is 1.27 bits per heavy atom. The highest BCUT2D eigenvalue weighted by molar-refractivity contribution is 6.04. The smallest absolute Gasteiger partial charge is 0.277 e. The quantitative estimate of drug-likeness (QED) is 0.787. The predicted molar refractivity (Wildman–Crippen MR) is 109 cm³/mol. The van der Waals surface area contributed by atoms with Crippen LogP contribution in [0.2, 0.25) is 0 Å². The molecule has 2 aliphatic rings. The van der Waals surface area contributed by atoms with E-state index >= 15 is 0 Å². The summed E-state index contributed by atoms with van der Waals surface area (Å²) in [5.41, 5.74) is 6.86. The largest absolute Gasteiger partial charge is 0.366 e. The van der Waals surface area contributed by atoms with Crippen LogP contribution in [0.1, 0.15) is 39.8 Å². The summed E-state index contributed by atoms with van der Waals surface area (Å²) in [5, 5.41) is 6.90. The van der Waals surface area contributed by atoms with Crippen molar-refractivity contribution in [3.05, 3.63) is 81.3 Å². The number of aromatic nitrogens is 2. The molecule has 1 aromatic carbocycles. The molecule has 2 amide bonds. The van der Waals surface area contributed by atoms with E-state index in [-0.39, 0.29) is 24.6 Å². The van der Waals surface area contributed by atoms with Gasteiger partial charge in [0.25, 0.3) is 5.56 Å². The first-order valence-corrected chi connectivity index (χ1v) is 9.30. The Bertz CT molecular complexity index is 1210. The van der Waals surface area contributed by atoms with Gasteiger partial charge in [0.15, 0.2) is 0 Å². The highest BCUT2D eigenvalue weighted by atomic mass is 19.1. The van der Waals surface area contributed by atoms with Gasteiger partial charge in [-0.1, -0.05) is 6.08 Å². The number of carbonyl (C=O) groups is 2. The van der Waals surface area contributed by atoms with Gasteiger partial charge < -0.3 is 11.1 Å². The van der Waals surface area contributed by atoms with E-state index in [1.165, 1.54) is 24.3 Å². The molecule has 30 heavy (non-hydrogen) atoms. The second-order valence-corrected chi connectivity index (χ2v) is 7.01. The second kappa shape index (κ2) is 7.51. The van der Waals surface area contributed by atoms with Crippen molar-refractivity contribution >= 4 is 23.2 Å². The van der Waals surface area contributed by atoms with Gasteiger partial charge in [-0.15, -0.1) is 0 Å². The van der Waals surface area contributed by atoms with Crippen LogP contribution in [0, 0.1) is 6.92 Å². The Morgan fingerprint density at radius 3 is 2.70 bits per heavy atom. The summed E-state index contributed by atoms with van der Waals surface area (Å²) in [4.78, 5) is 40.7. The minimum Gasteiger partial charge on any atom is -0.366 e. The van der Waals surface area contributed by atoms with Crippen LogP contribution in [0.25, 0.3) is 0 Å². The minimum atomic E-state index is -0.762. The van der Waals surface area contributed by atoms with Gasteiger partial charge in [-0.25, -0.2) is 9.37 Å². The molecular formula is C21H18FN5O3. The Labute approximate surface area is 170 Å². The molecule has 0 spiro atoms. The number of amides is 2. The normalized spacial score (nSPS) is 16.4. The summed E-state index contributed by atoms with van der Waals surface area (Å²) < 4.78 is 15.3. The van der Waals surface area contributed by atoms with Crippen molar-refractivity contribution in [3.8, 4) is 0 Å². The van der Waals surface area contributed by atoms with Crippen LogP contribution >= 0.6 is 0 Å². The number of halogens is 1. The third-order valence-electron chi connectivity index (χ3n) is 5.01. The Morgan fingerprint density at radius 2 is 2.00 bits per heavy atom. The number of hydrogen-bond donors (Lipinski definition) is 2. The number of aryl methyl sites for hydroxylation is 1. The second-order valence-electron chi connectivity index (χ2n) is 7.01. The van der Waals surface area contributed by atoms with Crippen LogP contribution in [-0.2, 0) is 11.2 Å². The molecule has 3 N–H and O–H groups in total. The number of fused-ring (bicyclic) bond motifs is 3. The molecule has 2 heterocycles. The van der Waals surface area contributed by atoms with Crippen molar-refractivity contribution in [1.82, 2.24) is 9.66 Å². The molecule has 8 nitrogen and oxygen atoms in total. The first-order valence-electron chi connectivity index (χ1n) is 9.30. The van der Waals surface area contributed by atoms with Crippen molar-refractivity contribution in [1.29, 1.82) is 0 Å². The maximum atomic E-state index is 14.2. The first kappa shape index (κ1) is 19.4. The predicted octanol–water partition coefficient (Wildman–Crippen LogP) is 1.95. The first-order chi connectivity index (χ1) is 14.3. The Hall–Kier alpha value is -3.88. The van der Waals surface area contributed by atoms with Crippen LogP contribution in [-0.4, -0.2) is 27.2 Å². The highest BCUT2D eigenvalue weighted by Gasteiger charge is 2.34. The lowest BCUT2D eigenvalue weighted by Gasteiger charge is -2.13.